The molecule has 0 aromatic heterocycles. The van der Waals surface area contributed by atoms with Crippen molar-refractivity contribution in [3.05, 3.63) is 27.3 Å². The Morgan fingerprint density at radius 2 is 1.90 bits per heavy atom. The lowest BCUT2D eigenvalue weighted by Crippen LogP contribution is -2.36. The number of aliphatic carboxylic acids is 1. The number of aliphatic hydroxyl groups excluding tert-OH is 1. The van der Waals surface area contributed by atoms with Gasteiger partial charge in [-0.3, -0.25) is 10.1 Å². The molecule has 0 saturated carbocycles. The summed E-state index contributed by atoms with van der Waals surface area (Å²) in [6.45, 7) is 3.89. The van der Waals surface area contributed by atoms with E-state index in [1.165, 1.54) is 0 Å². The van der Waals surface area contributed by atoms with Gasteiger partial charge >= 0.3 is 11.7 Å². The van der Waals surface area contributed by atoms with Gasteiger partial charge in [-0.05, 0) is 31.6 Å². The zero-order valence-electron chi connectivity index (χ0n) is 18.0. The van der Waals surface area contributed by atoms with Gasteiger partial charge in [-0.15, -0.1) is 0 Å². The number of carboxylic acid groups (broad SMARTS) is 1. The van der Waals surface area contributed by atoms with Gasteiger partial charge in [0.2, 0.25) is 0 Å². The van der Waals surface area contributed by atoms with Gasteiger partial charge in [0.15, 0.2) is 17.3 Å². The minimum absolute atomic E-state index is 0.0280. The molecule has 3 N–H and O–H groups in total. The van der Waals surface area contributed by atoms with Gasteiger partial charge in [0, 0.05) is 13.1 Å². The Morgan fingerprint density at radius 1 is 1.26 bits per heavy atom. The van der Waals surface area contributed by atoms with E-state index in [4.69, 9.17) is 0 Å². The van der Waals surface area contributed by atoms with Gasteiger partial charge < -0.3 is 20.4 Å². The summed E-state index contributed by atoms with van der Waals surface area (Å²) in [5, 5.41) is 32.6. The van der Waals surface area contributed by atoms with Gasteiger partial charge in [0.1, 0.15) is 11.7 Å². The normalized spacial score (nSPS) is 15.7. The van der Waals surface area contributed by atoms with E-state index in [1.807, 2.05) is 6.92 Å². The number of carbonyl (C=O) groups is 1. The van der Waals surface area contributed by atoms with E-state index in [9.17, 15) is 25.1 Å². The van der Waals surface area contributed by atoms with Crippen molar-refractivity contribution in [3.63, 3.8) is 0 Å². The highest BCUT2D eigenvalue weighted by molar-refractivity contribution is 5.82. The Hall–Kier alpha value is -2.49. The van der Waals surface area contributed by atoms with Crippen molar-refractivity contribution in [1.29, 1.82) is 0 Å². The van der Waals surface area contributed by atoms with E-state index in [0.717, 1.165) is 25.7 Å². The van der Waals surface area contributed by atoms with E-state index in [2.05, 4.69) is 12.2 Å². The van der Waals surface area contributed by atoms with Gasteiger partial charge in [0.25, 0.3) is 0 Å². The fourth-order valence-corrected chi connectivity index (χ4v) is 4.03. The molecule has 1 atom stereocenters. The molecule has 1 aliphatic heterocycles. The van der Waals surface area contributed by atoms with Gasteiger partial charge in [-0.2, -0.15) is 0 Å². The van der Waals surface area contributed by atoms with E-state index in [0.29, 0.717) is 31.8 Å². The first-order valence-electron chi connectivity index (χ1n) is 10.8. The summed E-state index contributed by atoms with van der Waals surface area (Å²) in [5.41, 5.74) is -2.10. The largest absolute Gasteiger partial charge is 0.480 e. The van der Waals surface area contributed by atoms with Crippen LogP contribution < -0.4 is 10.2 Å². The molecule has 2 rings (SSSR count). The van der Waals surface area contributed by atoms with Crippen LogP contribution in [-0.2, 0) is 11.2 Å². The Bertz CT molecular complexity index is 798. The molecule has 1 aromatic rings. The molecule has 1 aliphatic rings. The van der Waals surface area contributed by atoms with Crippen molar-refractivity contribution in [2.45, 2.75) is 64.8 Å². The topological polar surface area (TPSA) is 116 Å². The first kappa shape index (κ1) is 24.8. The SMILES string of the molecule is CCCCCc1c(F)c(N2CCC(CC)CC2)c(F)c(N[C@@H](CO)C(=O)O)c1[N+](=O)[O-]. The zero-order valence-corrected chi connectivity index (χ0v) is 18.0. The highest BCUT2D eigenvalue weighted by atomic mass is 19.1. The summed E-state index contributed by atoms with van der Waals surface area (Å²) in [7, 11) is 0. The number of carboxylic acids is 1. The zero-order chi connectivity index (χ0) is 23.1. The van der Waals surface area contributed by atoms with Crippen LogP contribution in [0.25, 0.3) is 0 Å². The smallest absolute Gasteiger partial charge is 0.328 e. The summed E-state index contributed by atoms with van der Waals surface area (Å²) in [6, 6.07) is -1.67. The number of nitrogens with one attached hydrogen (secondary N) is 1. The number of rotatable bonds is 11. The van der Waals surface area contributed by atoms with Crippen LogP contribution in [0, 0.1) is 27.7 Å². The third kappa shape index (κ3) is 5.61. The molecule has 174 valence electrons. The maximum absolute atomic E-state index is 15.5. The number of nitrogens with zero attached hydrogens (tertiary/aromatic N) is 2. The molecular formula is C21H31F2N3O5. The predicted molar refractivity (Wildman–Crippen MR) is 114 cm³/mol. The van der Waals surface area contributed by atoms with Crippen LogP contribution in [0.2, 0.25) is 0 Å². The number of piperidine rings is 1. The summed E-state index contributed by atoms with van der Waals surface area (Å²) < 4.78 is 31.0. The van der Waals surface area contributed by atoms with E-state index < -0.39 is 46.6 Å². The Morgan fingerprint density at radius 3 is 2.39 bits per heavy atom. The molecule has 0 bridgehead atoms. The van der Waals surface area contributed by atoms with Crippen molar-refractivity contribution in [3.8, 4) is 0 Å². The molecule has 1 aromatic carbocycles. The fourth-order valence-electron chi connectivity index (χ4n) is 4.03. The lowest BCUT2D eigenvalue weighted by molar-refractivity contribution is -0.385. The number of nitro groups is 1. The molecule has 10 heteroatoms. The maximum atomic E-state index is 15.5. The molecule has 0 aliphatic carbocycles. The monoisotopic (exact) mass is 443 g/mol. The minimum Gasteiger partial charge on any atom is -0.480 e. The molecule has 0 amide bonds. The Labute approximate surface area is 180 Å². The maximum Gasteiger partial charge on any atom is 0.328 e. The van der Waals surface area contributed by atoms with E-state index in [-0.39, 0.29) is 17.7 Å². The molecule has 1 saturated heterocycles. The molecule has 8 nitrogen and oxygen atoms in total. The van der Waals surface area contributed by atoms with Crippen LogP contribution in [0.5, 0.6) is 0 Å². The highest BCUT2D eigenvalue weighted by Crippen LogP contribution is 2.42. The average molecular weight is 443 g/mol. The van der Waals surface area contributed by atoms with E-state index >= 15 is 8.78 Å². The quantitative estimate of drug-likeness (QED) is 0.268. The number of nitro benzene ring substituents is 1. The number of anilines is 2. The van der Waals surface area contributed by atoms with Crippen LogP contribution in [-0.4, -0.2) is 46.8 Å². The lowest BCUT2D eigenvalue weighted by atomic mass is 9.93. The third-order valence-electron chi connectivity index (χ3n) is 5.94. The summed E-state index contributed by atoms with van der Waals surface area (Å²) in [5.74, 6) is -3.21. The van der Waals surface area contributed by atoms with E-state index in [1.54, 1.807) is 4.90 Å². The first-order valence-corrected chi connectivity index (χ1v) is 10.8. The summed E-state index contributed by atoms with van der Waals surface area (Å²) in [4.78, 5) is 23.8. The van der Waals surface area contributed by atoms with Crippen LogP contribution in [0.4, 0.5) is 25.8 Å². The number of unbranched alkanes of at least 4 members (excludes halogenated alkanes) is 2. The Kier molecular flexibility index (Phi) is 8.97. The third-order valence-corrected chi connectivity index (χ3v) is 5.94. The summed E-state index contributed by atoms with van der Waals surface area (Å²) >= 11 is 0. The van der Waals surface area contributed by atoms with Crippen LogP contribution >= 0.6 is 0 Å². The summed E-state index contributed by atoms with van der Waals surface area (Å²) in [6.07, 6.45) is 4.47. The van der Waals surface area contributed by atoms with Crippen molar-refractivity contribution in [2.75, 3.05) is 29.9 Å². The lowest BCUT2D eigenvalue weighted by Gasteiger charge is -2.34. The second kappa shape index (κ2) is 11.2. The second-order valence-electron chi connectivity index (χ2n) is 7.95. The molecule has 0 unspecified atom stereocenters. The predicted octanol–water partition coefficient (Wildman–Crippen LogP) is 4.09. The van der Waals surface area contributed by atoms with Gasteiger partial charge in [-0.25, -0.2) is 13.6 Å². The molecule has 31 heavy (non-hydrogen) atoms. The molecule has 1 heterocycles. The van der Waals surface area contributed by atoms with Crippen molar-refractivity contribution in [1.82, 2.24) is 0 Å². The standard InChI is InChI=1S/C21H31F2N3O5/c1-3-5-6-7-14-16(22)20(25-10-8-13(4-2)9-11-25)17(23)18(19(14)26(30)31)24-15(12-27)21(28)29/h13,15,24,27H,3-12H2,1-2H3,(H,28,29)/t15-/m0/s1. The minimum atomic E-state index is -1.67. The molecule has 0 spiro atoms. The molecular weight excluding hydrogens is 412 g/mol. The van der Waals surface area contributed by atoms with Crippen LogP contribution in [0.1, 0.15) is 57.9 Å². The van der Waals surface area contributed by atoms with Gasteiger partial charge in [-0.1, -0.05) is 33.1 Å². The second-order valence-corrected chi connectivity index (χ2v) is 7.95. The van der Waals surface area contributed by atoms with Crippen LogP contribution in [0.3, 0.4) is 0 Å². The molecule has 1 fully saturated rings. The number of halogens is 2. The number of benzene rings is 1. The first-order chi connectivity index (χ1) is 14.8. The fraction of sp³-hybridized carbons (Fsp3) is 0.667. The number of hydrogen-bond acceptors (Lipinski definition) is 6. The van der Waals surface area contributed by atoms with Crippen LogP contribution in [0.15, 0.2) is 0 Å². The number of aliphatic hydroxyl groups is 1. The van der Waals surface area contributed by atoms with Crippen molar-refractivity contribution in [2.24, 2.45) is 5.92 Å². The Balaban J connectivity index is 2.63. The molecule has 0 radical (unpaired) electrons. The van der Waals surface area contributed by atoms with Gasteiger partial charge in [0.05, 0.1) is 17.1 Å². The number of hydrogen-bond donors (Lipinski definition) is 3. The van der Waals surface area contributed by atoms with Crippen molar-refractivity contribution < 1.29 is 28.7 Å². The van der Waals surface area contributed by atoms with Crippen molar-refractivity contribution >= 4 is 23.0 Å². The highest BCUT2D eigenvalue weighted by Gasteiger charge is 2.36. The average Bonchev–Trinajstić information content (AvgIpc) is 2.74.